The number of rotatable bonds is 3. The molecule has 0 aromatic carbocycles. The molecule has 0 amide bonds. The molecule has 10 heavy (non-hydrogen) atoms. The molecule has 1 N–H and O–H groups in total. The quantitative estimate of drug-likeness (QED) is 0.667. The number of aliphatic hydroxyl groups excluding tert-OH is 1. The van der Waals surface area contributed by atoms with Gasteiger partial charge in [0.2, 0.25) is 0 Å². The normalized spacial score (nSPS) is 10.2. The van der Waals surface area contributed by atoms with Gasteiger partial charge in [-0.25, -0.2) is 4.39 Å². The second-order valence-electron chi connectivity index (χ2n) is 2.00. The summed E-state index contributed by atoms with van der Waals surface area (Å²) >= 11 is 0. The maximum atomic E-state index is 12.2. The summed E-state index contributed by atoms with van der Waals surface area (Å²) in [6, 6.07) is 0. The fraction of sp³-hybridized carbons (Fsp3) is 0.500. The van der Waals surface area contributed by atoms with Crippen LogP contribution in [0.15, 0.2) is 12.4 Å². The van der Waals surface area contributed by atoms with Crippen LogP contribution in [0.1, 0.15) is 6.42 Å². The molecule has 0 aliphatic carbocycles. The highest BCUT2D eigenvalue weighted by Gasteiger charge is 1.94. The minimum atomic E-state index is -0.335. The van der Waals surface area contributed by atoms with E-state index in [2.05, 4.69) is 5.10 Å². The summed E-state index contributed by atoms with van der Waals surface area (Å²) in [7, 11) is 0. The maximum Gasteiger partial charge on any atom is 0.161 e. The number of aromatic nitrogens is 2. The van der Waals surface area contributed by atoms with Crippen LogP contribution in [0.25, 0.3) is 0 Å². The second-order valence-corrected chi connectivity index (χ2v) is 2.00. The Morgan fingerprint density at radius 1 is 1.70 bits per heavy atom. The van der Waals surface area contributed by atoms with E-state index in [-0.39, 0.29) is 12.4 Å². The van der Waals surface area contributed by atoms with Gasteiger partial charge in [-0.15, -0.1) is 0 Å². The molecule has 0 radical (unpaired) electrons. The fourth-order valence-electron chi connectivity index (χ4n) is 0.693. The molecule has 0 unspecified atom stereocenters. The van der Waals surface area contributed by atoms with Gasteiger partial charge in [-0.3, -0.25) is 4.68 Å². The number of halogens is 1. The maximum absolute atomic E-state index is 12.2. The zero-order valence-electron chi connectivity index (χ0n) is 5.50. The largest absolute Gasteiger partial charge is 0.396 e. The van der Waals surface area contributed by atoms with Crippen molar-refractivity contribution in [2.75, 3.05) is 6.61 Å². The van der Waals surface area contributed by atoms with Crippen LogP contribution in [0.3, 0.4) is 0 Å². The van der Waals surface area contributed by atoms with Crippen LogP contribution >= 0.6 is 0 Å². The van der Waals surface area contributed by atoms with Crippen LogP contribution in [0.4, 0.5) is 4.39 Å². The number of nitrogens with zero attached hydrogens (tertiary/aromatic N) is 2. The number of hydrogen-bond acceptors (Lipinski definition) is 2. The first-order valence-corrected chi connectivity index (χ1v) is 3.12. The summed E-state index contributed by atoms with van der Waals surface area (Å²) in [6.45, 7) is 0.682. The highest BCUT2D eigenvalue weighted by molar-refractivity contribution is 4.83. The fourth-order valence-corrected chi connectivity index (χ4v) is 0.693. The third-order valence-electron chi connectivity index (χ3n) is 1.15. The minimum Gasteiger partial charge on any atom is -0.396 e. The molecule has 1 heterocycles. The van der Waals surface area contributed by atoms with Crippen molar-refractivity contribution in [3.05, 3.63) is 18.2 Å². The predicted molar refractivity (Wildman–Crippen MR) is 33.9 cm³/mol. The summed E-state index contributed by atoms with van der Waals surface area (Å²) in [6.07, 6.45) is 3.06. The van der Waals surface area contributed by atoms with Crippen molar-refractivity contribution in [2.45, 2.75) is 13.0 Å². The van der Waals surface area contributed by atoms with E-state index in [1.165, 1.54) is 10.9 Å². The minimum absolute atomic E-state index is 0.113. The zero-order chi connectivity index (χ0) is 7.40. The van der Waals surface area contributed by atoms with Crippen LogP contribution < -0.4 is 0 Å². The van der Waals surface area contributed by atoms with Crippen LogP contribution in [0.5, 0.6) is 0 Å². The molecule has 56 valence electrons. The van der Waals surface area contributed by atoms with E-state index in [0.717, 1.165) is 6.20 Å². The van der Waals surface area contributed by atoms with Crippen molar-refractivity contribution < 1.29 is 9.50 Å². The molecule has 0 saturated carbocycles. The Hall–Kier alpha value is -0.900. The lowest BCUT2D eigenvalue weighted by molar-refractivity contribution is 0.277. The van der Waals surface area contributed by atoms with Gasteiger partial charge in [0.1, 0.15) is 0 Å². The molecule has 0 aliphatic heterocycles. The van der Waals surface area contributed by atoms with E-state index >= 15 is 0 Å². The van der Waals surface area contributed by atoms with E-state index in [4.69, 9.17) is 5.11 Å². The Balaban J connectivity index is 2.42. The van der Waals surface area contributed by atoms with Crippen molar-refractivity contribution >= 4 is 0 Å². The number of hydrogen-bond donors (Lipinski definition) is 1. The standard InChI is InChI=1S/C6H9FN2O/c7-6-4-8-9(5-6)2-1-3-10/h4-5,10H,1-3H2. The second kappa shape index (κ2) is 3.31. The van der Waals surface area contributed by atoms with Crippen LogP contribution in [0.2, 0.25) is 0 Å². The average Bonchev–Trinajstić information content (AvgIpc) is 2.31. The van der Waals surface area contributed by atoms with Crippen LogP contribution in [-0.2, 0) is 6.54 Å². The average molecular weight is 144 g/mol. The van der Waals surface area contributed by atoms with E-state index < -0.39 is 0 Å². The summed E-state index contributed by atoms with van der Waals surface area (Å²) < 4.78 is 13.7. The Bertz CT molecular complexity index is 199. The molecule has 0 aliphatic rings. The molecule has 4 heteroatoms. The molecule has 0 spiro atoms. The lowest BCUT2D eigenvalue weighted by Gasteiger charge is -1.95. The van der Waals surface area contributed by atoms with Crippen molar-refractivity contribution in [3.8, 4) is 0 Å². The molecule has 1 aromatic heterocycles. The molecule has 0 atom stereocenters. The van der Waals surface area contributed by atoms with Gasteiger partial charge in [-0.05, 0) is 6.42 Å². The summed E-state index contributed by atoms with van der Waals surface area (Å²) in [5, 5.41) is 12.1. The molecule has 0 bridgehead atoms. The molecule has 1 rings (SSSR count). The molecule has 0 fully saturated rings. The topological polar surface area (TPSA) is 38.0 Å². The Morgan fingerprint density at radius 3 is 3.00 bits per heavy atom. The van der Waals surface area contributed by atoms with Gasteiger partial charge < -0.3 is 5.11 Å². The third kappa shape index (κ3) is 1.80. The van der Waals surface area contributed by atoms with Crippen molar-refractivity contribution in [2.24, 2.45) is 0 Å². The van der Waals surface area contributed by atoms with Crippen LogP contribution in [0, 0.1) is 5.82 Å². The van der Waals surface area contributed by atoms with Gasteiger partial charge in [-0.2, -0.15) is 5.10 Å². The van der Waals surface area contributed by atoms with Crippen molar-refractivity contribution in [1.82, 2.24) is 9.78 Å². The third-order valence-corrected chi connectivity index (χ3v) is 1.15. The monoisotopic (exact) mass is 144 g/mol. The van der Waals surface area contributed by atoms with E-state index in [0.29, 0.717) is 13.0 Å². The van der Waals surface area contributed by atoms with E-state index in [1.807, 2.05) is 0 Å². The van der Waals surface area contributed by atoms with Gasteiger partial charge in [0.15, 0.2) is 5.82 Å². The molecule has 1 aromatic rings. The number of aliphatic hydroxyl groups is 1. The van der Waals surface area contributed by atoms with Crippen molar-refractivity contribution in [1.29, 1.82) is 0 Å². The number of aryl methyl sites for hydroxylation is 1. The molecule has 0 saturated heterocycles. The summed E-state index contributed by atoms with van der Waals surface area (Å²) in [4.78, 5) is 0. The van der Waals surface area contributed by atoms with Crippen LogP contribution in [-0.4, -0.2) is 21.5 Å². The summed E-state index contributed by atoms with van der Waals surface area (Å²) in [5.74, 6) is -0.335. The van der Waals surface area contributed by atoms with Gasteiger partial charge in [0.25, 0.3) is 0 Å². The highest BCUT2D eigenvalue weighted by atomic mass is 19.1. The van der Waals surface area contributed by atoms with Gasteiger partial charge in [0, 0.05) is 13.2 Å². The smallest absolute Gasteiger partial charge is 0.161 e. The highest BCUT2D eigenvalue weighted by Crippen LogP contribution is 1.94. The zero-order valence-corrected chi connectivity index (χ0v) is 5.50. The molecular formula is C6H9FN2O. The van der Waals surface area contributed by atoms with Gasteiger partial charge >= 0.3 is 0 Å². The van der Waals surface area contributed by atoms with Crippen molar-refractivity contribution in [3.63, 3.8) is 0 Å². The van der Waals surface area contributed by atoms with Gasteiger partial charge in [-0.1, -0.05) is 0 Å². The first-order chi connectivity index (χ1) is 4.83. The molecule has 3 nitrogen and oxygen atoms in total. The Labute approximate surface area is 58.1 Å². The summed E-state index contributed by atoms with van der Waals surface area (Å²) in [5.41, 5.74) is 0. The molecular weight excluding hydrogens is 135 g/mol. The Kier molecular flexibility index (Phi) is 2.39. The Morgan fingerprint density at radius 2 is 2.50 bits per heavy atom. The lowest BCUT2D eigenvalue weighted by Crippen LogP contribution is -1.99. The van der Waals surface area contributed by atoms with Gasteiger partial charge in [0.05, 0.1) is 12.4 Å². The van der Waals surface area contributed by atoms with E-state index in [1.54, 1.807) is 0 Å². The predicted octanol–water partition coefficient (Wildman–Crippen LogP) is 0.405. The first-order valence-electron chi connectivity index (χ1n) is 3.12. The lowest BCUT2D eigenvalue weighted by atomic mass is 10.5. The SMILES string of the molecule is OCCCn1cc(F)cn1. The van der Waals surface area contributed by atoms with E-state index in [9.17, 15) is 4.39 Å². The first kappa shape index (κ1) is 7.21.